The fourth-order valence-electron chi connectivity index (χ4n) is 3.12. The number of sulfone groups is 1. The zero-order valence-corrected chi connectivity index (χ0v) is 20.5. The van der Waals surface area contributed by atoms with Crippen molar-refractivity contribution in [2.75, 3.05) is 33.2 Å². The Bertz CT molecular complexity index is 1210. The van der Waals surface area contributed by atoms with Crippen LogP contribution >= 0.6 is 0 Å². The number of carbonyl (C=O) groups excluding carboxylic acids is 1. The highest BCUT2D eigenvalue weighted by Gasteiger charge is 2.38. The Morgan fingerprint density at radius 3 is 2.06 bits per heavy atom. The summed E-state index contributed by atoms with van der Waals surface area (Å²) < 4.78 is 93.9. The van der Waals surface area contributed by atoms with E-state index in [0.29, 0.717) is 25.2 Å². The Balaban J connectivity index is 2.37. The lowest BCUT2D eigenvalue weighted by Crippen LogP contribution is -2.44. The Labute approximate surface area is 197 Å². The van der Waals surface area contributed by atoms with Gasteiger partial charge in [-0.25, -0.2) is 26.4 Å². The number of rotatable bonds is 9. The van der Waals surface area contributed by atoms with Gasteiger partial charge in [0.05, 0.1) is 20.2 Å². The van der Waals surface area contributed by atoms with Crippen molar-refractivity contribution in [1.82, 2.24) is 14.5 Å². The number of urea groups is 1. The Hall–Kier alpha value is -2.64. The highest BCUT2D eigenvalue weighted by atomic mass is 32.2. The van der Waals surface area contributed by atoms with Crippen LogP contribution in [0.3, 0.4) is 0 Å². The molecule has 34 heavy (non-hydrogen) atoms. The van der Waals surface area contributed by atoms with E-state index in [4.69, 9.17) is 0 Å². The van der Waals surface area contributed by atoms with Crippen molar-refractivity contribution in [3.63, 3.8) is 0 Å². The molecule has 0 bridgehead atoms. The minimum atomic E-state index is -5.05. The van der Waals surface area contributed by atoms with Gasteiger partial charge in [0, 0.05) is 33.2 Å². The number of likely N-dealkylation sites (N-methyl/N-ethyl adjacent to an activating group) is 1. The molecule has 0 unspecified atom stereocenters. The van der Waals surface area contributed by atoms with Crippen LogP contribution in [0.5, 0.6) is 0 Å². The zero-order chi connectivity index (χ0) is 25.7. The van der Waals surface area contributed by atoms with Crippen LogP contribution in [0, 0.1) is 0 Å². The van der Waals surface area contributed by atoms with Crippen LogP contribution in [0.15, 0.2) is 63.2 Å². The zero-order valence-electron chi connectivity index (χ0n) is 18.8. The molecule has 1 N–H and O–H groups in total. The SMILES string of the molecule is CCN(CC)C(=O)N(C)CCNS(=O)(=O)c1cc(S(=O)(=O)c2ccccc2)ccc1C(F)(F)F. The number of carbonyl (C=O) groups is 1. The number of alkyl halides is 3. The predicted molar refractivity (Wildman–Crippen MR) is 119 cm³/mol. The molecule has 188 valence electrons. The maximum Gasteiger partial charge on any atom is 0.417 e. The van der Waals surface area contributed by atoms with E-state index in [-0.39, 0.29) is 24.0 Å². The van der Waals surface area contributed by atoms with Crippen LogP contribution in [0.1, 0.15) is 19.4 Å². The van der Waals surface area contributed by atoms with Crippen LogP contribution in [-0.4, -0.2) is 65.9 Å². The minimum Gasteiger partial charge on any atom is -0.326 e. The van der Waals surface area contributed by atoms with Gasteiger partial charge >= 0.3 is 12.2 Å². The van der Waals surface area contributed by atoms with Gasteiger partial charge in [-0.2, -0.15) is 13.2 Å². The van der Waals surface area contributed by atoms with Gasteiger partial charge in [0.15, 0.2) is 0 Å². The van der Waals surface area contributed by atoms with Gasteiger partial charge in [-0.05, 0) is 44.2 Å². The number of nitrogens with zero attached hydrogens (tertiary/aromatic N) is 2. The molecule has 0 saturated carbocycles. The van der Waals surface area contributed by atoms with Gasteiger partial charge in [-0.3, -0.25) is 0 Å². The molecule has 0 fully saturated rings. The van der Waals surface area contributed by atoms with E-state index in [2.05, 4.69) is 0 Å². The topological polar surface area (TPSA) is 104 Å². The number of sulfonamides is 1. The average Bonchev–Trinajstić information content (AvgIpc) is 2.79. The first-order valence-corrected chi connectivity index (χ1v) is 13.2. The van der Waals surface area contributed by atoms with E-state index in [9.17, 15) is 34.8 Å². The molecule has 0 aromatic heterocycles. The molecule has 8 nitrogen and oxygen atoms in total. The molecule has 0 aliphatic heterocycles. The maximum atomic E-state index is 13.6. The summed E-state index contributed by atoms with van der Waals surface area (Å²) in [6.07, 6.45) is -5.05. The normalized spacial score (nSPS) is 12.4. The molecule has 0 aliphatic rings. The first kappa shape index (κ1) is 27.6. The van der Waals surface area contributed by atoms with Crippen LogP contribution in [0.2, 0.25) is 0 Å². The third-order valence-corrected chi connectivity index (χ3v) is 8.28. The van der Waals surface area contributed by atoms with Crippen molar-refractivity contribution in [2.24, 2.45) is 0 Å². The van der Waals surface area contributed by atoms with E-state index in [1.165, 1.54) is 41.1 Å². The van der Waals surface area contributed by atoms with E-state index < -0.39 is 41.4 Å². The van der Waals surface area contributed by atoms with E-state index >= 15 is 0 Å². The van der Waals surface area contributed by atoms with Crippen molar-refractivity contribution in [2.45, 2.75) is 34.7 Å². The second-order valence-corrected chi connectivity index (χ2v) is 10.9. The molecule has 13 heteroatoms. The van der Waals surface area contributed by atoms with E-state index in [1.807, 2.05) is 4.72 Å². The summed E-state index contributed by atoms with van der Waals surface area (Å²) in [6.45, 7) is 3.92. The third-order valence-electron chi connectivity index (χ3n) is 5.01. The summed E-state index contributed by atoms with van der Waals surface area (Å²) in [5.74, 6) is 0. The molecule has 0 spiro atoms. The molecule has 2 amide bonds. The summed E-state index contributed by atoms with van der Waals surface area (Å²) in [6, 6.07) is 8.23. The van der Waals surface area contributed by atoms with Crippen LogP contribution < -0.4 is 4.72 Å². The quantitative estimate of drug-likeness (QED) is 0.546. The number of amides is 2. The molecule has 0 radical (unpaired) electrons. The van der Waals surface area contributed by atoms with Crippen LogP contribution in [-0.2, 0) is 26.0 Å². The number of hydrogen-bond donors (Lipinski definition) is 1. The van der Waals surface area contributed by atoms with Gasteiger partial charge in [0.2, 0.25) is 19.9 Å². The Kier molecular flexibility index (Phi) is 8.72. The van der Waals surface area contributed by atoms with Gasteiger partial charge in [-0.1, -0.05) is 18.2 Å². The van der Waals surface area contributed by atoms with Crippen LogP contribution in [0.4, 0.5) is 18.0 Å². The van der Waals surface area contributed by atoms with Crippen molar-refractivity contribution in [3.05, 3.63) is 54.1 Å². The van der Waals surface area contributed by atoms with Crippen molar-refractivity contribution in [3.8, 4) is 0 Å². The monoisotopic (exact) mass is 521 g/mol. The molecular weight excluding hydrogens is 495 g/mol. The molecule has 2 rings (SSSR count). The molecule has 0 atom stereocenters. The lowest BCUT2D eigenvalue weighted by Gasteiger charge is -2.26. The smallest absolute Gasteiger partial charge is 0.326 e. The van der Waals surface area contributed by atoms with E-state index in [1.54, 1.807) is 19.9 Å². The minimum absolute atomic E-state index is 0.113. The highest BCUT2D eigenvalue weighted by Crippen LogP contribution is 2.36. The lowest BCUT2D eigenvalue weighted by molar-refractivity contribution is -0.139. The summed E-state index contributed by atoms with van der Waals surface area (Å²) in [7, 11) is -7.61. The Morgan fingerprint density at radius 2 is 1.53 bits per heavy atom. The summed E-state index contributed by atoms with van der Waals surface area (Å²) in [5.41, 5.74) is -1.50. The second-order valence-electron chi connectivity index (χ2n) is 7.25. The molecule has 2 aromatic rings. The van der Waals surface area contributed by atoms with Gasteiger partial charge in [0.25, 0.3) is 0 Å². The number of benzene rings is 2. The molecule has 0 saturated heterocycles. The first-order valence-electron chi connectivity index (χ1n) is 10.3. The van der Waals surface area contributed by atoms with Crippen molar-refractivity contribution >= 4 is 25.9 Å². The summed E-state index contributed by atoms with van der Waals surface area (Å²) in [5, 5.41) is 0. The molecule has 2 aromatic carbocycles. The standard InChI is InChI=1S/C21H26F3N3O5S2/c1-4-27(5-2)20(28)26(3)14-13-25-34(31,32)19-15-17(11-12-18(19)21(22,23)24)33(29,30)16-9-7-6-8-10-16/h6-12,15,25H,4-5,13-14H2,1-3H3. The fraction of sp³-hybridized carbons (Fsp3) is 0.381. The predicted octanol–water partition coefficient (Wildman–Crippen LogP) is 3.21. The summed E-state index contributed by atoms with van der Waals surface area (Å²) in [4.78, 5) is 13.0. The van der Waals surface area contributed by atoms with Gasteiger partial charge in [0.1, 0.15) is 0 Å². The number of hydrogen-bond acceptors (Lipinski definition) is 5. The number of halogens is 3. The van der Waals surface area contributed by atoms with E-state index in [0.717, 1.165) is 6.07 Å². The van der Waals surface area contributed by atoms with Gasteiger partial charge in [-0.15, -0.1) is 0 Å². The van der Waals surface area contributed by atoms with Crippen molar-refractivity contribution < 1.29 is 34.8 Å². The molecular formula is C21H26F3N3O5S2. The fourth-order valence-corrected chi connectivity index (χ4v) is 5.77. The largest absolute Gasteiger partial charge is 0.417 e. The second kappa shape index (κ2) is 10.7. The Morgan fingerprint density at radius 1 is 0.941 bits per heavy atom. The maximum absolute atomic E-state index is 13.6. The molecule has 0 aliphatic carbocycles. The lowest BCUT2D eigenvalue weighted by atomic mass is 10.2. The number of nitrogens with one attached hydrogen (secondary N) is 1. The average molecular weight is 522 g/mol. The summed E-state index contributed by atoms with van der Waals surface area (Å²) >= 11 is 0. The highest BCUT2D eigenvalue weighted by molar-refractivity contribution is 7.91. The van der Waals surface area contributed by atoms with Crippen molar-refractivity contribution in [1.29, 1.82) is 0 Å². The first-order chi connectivity index (χ1) is 15.8. The third kappa shape index (κ3) is 6.27. The molecule has 0 heterocycles. The van der Waals surface area contributed by atoms with Crippen LogP contribution in [0.25, 0.3) is 0 Å². The van der Waals surface area contributed by atoms with Gasteiger partial charge < -0.3 is 9.80 Å².